The van der Waals surface area contributed by atoms with E-state index in [1.165, 1.54) is 0 Å². The Morgan fingerprint density at radius 2 is 1.54 bits per heavy atom. The van der Waals surface area contributed by atoms with Gasteiger partial charge in [-0.25, -0.2) is 4.68 Å². The Morgan fingerprint density at radius 1 is 0.846 bits per heavy atom. The van der Waals surface area contributed by atoms with E-state index in [-0.39, 0.29) is 26.3 Å². The average Bonchev–Trinajstić information content (AvgIpc) is 4.00. The summed E-state index contributed by atoms with van der Waals surface area (Å²) in [5.74, 6) is 3.58. The van der Waals surface area contributed by atoms with Gasteiger partial charge in [-0.15, -0.1) is 5.10 Å². The number of carbonyl (C=O) groups is 3. The van der Waals surface area contributed by atoms with Crippen molar-refractivity contribution in [3.8, 4) is 17.6 Å². The number of nitrogens with zero attached hydrogens (tertiary/aromatic N) is 4. The maximum absolute atomic E-state index is 15.6. The molecule has 4 N–H and O–H groups in total. The molecule has 2 saturated heterocycles. The van der Waals surface area contributed by atoms with Crippen molar-refractivity contribution >= 4 is 34.5 Å². The highest BCUT2D eigenvalue weighted by atomic mass is 16.6. The third-order valence-electron chi connectivity index (χ3n) is 12.7. The molecule has 0 saturated carbocycles. The summed E-state index contributed by atoms with van der Waals surface area (Å²) in [7, 11) is 0. The van der Waals surface area contributed by atoms with E-state index in [9.17, 15) is 10.2 Å². The van der Waals surface area contributed by atoms with Gasteiger partial charge in [-0.1, -0.05) is 138 Å². The first-order valence-corrected chi connectivity index (χ1v) is 21.5. The molecule has 0 bridgehead atoms. The molecule has 65 heavy (non-hydrogen) atoms. The molecule has 7 atom stereocenters. The summed E-state index contributed by atoms with van der Waals surface area (Å²) in [5, 5.41) is 36.0. The molecule has 10 rings (SSSR count). The molecule has 0 aliphatic carbocycles. The molecule has 7 unspecified atom stereocenters. The number of para-hydroxylation sites is 2. The summed E-state index contributed by atoms with van der Waals surface area (Å²) in [6.45, 7) is -0.310. The van der Waals surface area contributed by atoms with Crippen LogP contribution in [0.3, 0.4) is 0 Å². The molecule has 13 heteroatoms. The van der Waals surface area contributed by atoms with Gasteiger partial charge >= 0.3 is 5.97 Å². The molecule has 1 spiro atoms. The normalized spacial score (nSPS) is 22.6. The predicted octanol–water partition coefficient (Wildman–Crippen LogP) is 5.97. The zero-order valence-corrected chi connectivity index (χ0v) is 35.0. The molecule has 13 nitrogen and oxygen atoms in total. The summed E-state index contributed by atoms with van der Waals surface area (Å²) >= 11 is 0. The minimum atomic E-state index is -1.84. The number of fused-ring (bicyclic) bond motifs is 4. The van der Waals surface area contributed by atoms with E-state index in [2.05, 4.69) is 32.8 Å². The fourth-order valence-corrected chi connectivity index (χ4v) is 9.99. The van der Waals surface area contributed by atoms with Crippen LogP contribution in [0, 0.1) is 17.8 Å². The molecule has 2 amide bonds. The van der Waals surface area contributed by atoms with Crippen LogP contribution in [0.25, 0.3) is 11.0 Å². The lowest BCUT2D eigenvalue weighted by atomic mass is 9.65. The van der Waals surface area contributed by atoms with Gasteiger partial charge in [-0.05, 0) is 58.7 Å². The number of aliphatic hydroxyl groups is 2. The van der Waals surface area contributed by atoms with Crippen molar-refractivity contribution in [3.63, 3.8) is 0 Å². The van der Waals surface area contributed by atoms with E-state index in [1.807, 2.05) is 114 Å². The Labute approximate surface area is 374 Å². The third-order valence-corrected chi connectivity index (χ3v) is 12.7. The van der Waals surface area contributed by atoms with Crippen molar-refractivity contribution in [2.75, 3.05) is 25.1 Å². The number of nitrogens with one attached hydrogen (secondary N) is 2. The van der Waals surface area contributed by atoms with E-state index in [1.54, 1.807) is 53.2 Å². The molecule has 1 aromatic heterocycles. The highest BCUT2D eigenvalue weighted by molar-refractivity contribution is 6.12. The van der Waals surface area contributed by atoms with Crippen LogP contribution >= 0.6 is 0 Å². The van der Waals surface area contributed by atoms with E-state index < -0.39 is 59.5 Å². The molecule has 7 aromatic rings. The molecular weight excluding hydrogens is 821 g/mol. The standard InChI is InChI=1S/C52H44N6O7/c59-29-30-64-43-25-13-10-22-37(43)48-52(38-31-33(26-27-39(38)54-51(52)63)15-14-28-57-41-24-12-11-23-40(41)55-56-57)44(49(61)53-32-42(60)34-16-4-1-5-17-34)46-50(62)65-47(36-20-8-3-9-21-36)45(58(46)48)35-18-6-2-7-19-35/h1-13,16-27,31,42,44-48,59-60H,28-30,32H2,(H,53,61)(H,54,63). The molecule has 4 heterocycles. The van der Waals surface area contributed by atoms with Crippen LogP contribution in [0.4, 0.5) is 5.69 Å². The number of benzene rings is 6. The number of amides is 2. The van der Waals surface area contributed by atoms with Gasteiger partial charge in [0.2, 0.25) is 11.8 Å². The van der Waals surface area contributed by atoms with E-state index >= 15 is 14.4 Å². The maximum Gasteiger partial charge on any atom is 0.324 e. The predicted molar refractivity (Wildman–Crippen MR) is 241 cm³/mol. The average molecular weight is 865 g/mol. The van der Waals surface area contributed by atoms with Crippen molar-refractivity contribution in [1.82, 2.24) is 25.2 Å². The SMILES string of the molecule is O=C1OC(c2ccccc2)C(c2ccccc2)N2C1C(C(=O)NCC(O)c1ccccc1)C1(C(=O)Nc3ccc(C#CCn4nnc5ccccc54)cc31)C2c1ccccc1OCCO. The van der Waals surface area contributed by atoms with Gasteiger partial charge in [-0.3, -0.25) is 19.3 Å². The van der Waals surface area contributed by atoms with Crippen LogP contribution in [0.15, 0.2) is 158 Å². The van der Waals surface area contributed by atoms with E-state index in [0.717, 1.165) is 22.2 Å². The smallest absolute Gasteiger partial charge is 0.324 e. The van der Waals surface area contributed by atoms with Crippen LogP contribution in [0.1, 0.15) is 57.7 Å². The quantitative estimate of drug-likeness (QED) is 0.0898. The van der Waals surface area contributed by atoms with Crippen molar-refractivity contribution < 1.29 is 34.1 Å². The van der Waals surface area contributed by atoms with Crippen molar-refractivity contribution in [1.29, 1.82) is 0 Å². The molecular formula is C52H44N6O7. The second kappa shape index (κ2) is 17.5. The number of ether oxygens (including phenoxy) is 2. The van der Waals surface area contributed by atoms with E-state index in [0.29, 0.717) is 33.7 Å². The number of hydrogen-bond donors (Lipinski definition) is 4. The highest BCUT2D eigenvalue weighted by Gasteiger charge is 2.74. The summed E-state index contributed by atoms with van der Waals surface area (Å²) in [6.07, 6.45) is -1.97. The second-order valence-electron chi connectivity index (χ2n) is 16.3. The first-order valence-electron chi connectivity index (χ1n) is 21.5. The van der Waals surface area contributed by atoms with E-state index in [4.69, 9.17) is 9.47 Å². The number of esters is 1. The Balaban J connectivity index is 1.19. The molecule has 324 valence electrons. The van der Waals surface area contributed by atoms with Gasteiger partial charge < -0.3 is 30.3 Å². The number of cyclic esters (lactones) is 1. The van der Waals surface area contributed by atoms with Crippen LogP contribution in [-0.2, 0) is 31.1 Å². The maximum atomic E-state index is 15.6. The lowest BCUT2D eigenvalue weighted by Gasteiger charge is -2.46. The first kappa shape index (κ1) is 41.4. The van der Waals surface area contributed by atoms with Crippen LogP contribution in [0.5, 0.6) is 5.75 Å². The summed E-state index contributed by atoms with van der Waals surface area (Å²) in [5.41, 5.74) is 3.81. The van der Waals surface area contributed by atoms with Gasteiger partial charge in [0.05, 0.1) is 36.2 Å². The fourth-order valence-electron chi connectivity index (χ4n) is 9.99. The van der Waals surface area contributed by atoms with Crippen LogP contribution < -0.4 is 15.4 Å². The number of aromatic nitrogens is 3. The van der Waals surface area contributed by atoms with Crippen LogP contribution in [-0.4, -0.2) is 73.7 Å². The number of hydrogen-bond acceptors (Lipinski definition) is 10. The molecule has 0 radical (unpaired) electrons. The zero-order valence-electron chi connectivity index (χ0n) is 35.0. The Kier molecular flexibility index (Phi) is 11.1. The Morgan fingerprint density at radius 3 is 2.31 bits per heavy atom. The van der Waals surface area contributed by atoms with Gasteiger partial charge in [-0.2, -0.15) is 0 Å². The molecule has 6 aromatic carbocycles. The van der Waals surface area contributed by atoms with Crippen molar-refractivity contribution in [2.45, 2.75) is 42.3 Å². The number of morpholine rings is 1. The third kappa shape index (κ3) is 7.27. The number of anilines is 1. The number of carbonyl (C=O) groups excluding carboxylic acids is 3. The lowest BCUT2D eigenvalue weighted by molar-refractivity contribution is -0.178. The van der Waals surface area contributed by atoms with Gasteiger partial charge in [0.25, 0.3) is 0 Å². The number of rotatable bonds is 11. The summed E-state index contributed by atoms with van der Waals surface area (Å²) < 4.78 is 14.5. The molecule has 2 fully saturated rings. The Hall–Kier alpha value is -7.63. The topological polar surface area (TPSA) is 168 Å². The van der Waals surface area contributed by atoms with Crippen molar-refractivity contribution in [2.24, 2.45) is 5.92 Å². The number of aliphatic hydroxyl groups excluding tert-OH is 2. The fraction of sp³-hybridized carbons (Fsp3) is 0.212. The summed E-state index contributed by atoms with van der Waals surface area (Å²) in [6, 6.07) is 45.1. The zero-order chi connectivity index (χ0) is 44.5. The van der Waals surface area contributed by atoms with Gasteiger partial charge in [0.1, 0.15) is 42.0 Å². The first-order chi connectivity index (χ1) is 31.9. The summed E-state index contributed by atoms with van der Waals surface area (Å²) in [4.78, 5) is 48.3. The molecule has 3 aliphatic rings. The van der Waals surface area contributed by atoms with Crippen LogP contribution in [0.2, 0.25) is 0 Å². The second-order valence-corrected chi connectivity index (χ2v) is 16.3. The van der Waals surface area contributed by atoms with Gasteiger partial charge in [0, 0.05) is 23.4 Å². The molecule has 3 aliphatic heterocycles. The lowest BCUT2D eigenvalue weighted by Crippen LogP contribution is -2.55. The van der Waals surface area contributed by atoms with Crippen molar-refractivity contribution in [3.05, 3.63) is 191 Å². The van der Waals surface area contributed by atoms with Gasteiger partial charge in [0.15, 0.2) is 0 Å². The Bertz CT molecular complexity index is 2950. The minimum Gasteiger partial charge on any atom is -0.491 e. The highest BCUT2D eigenvalue weighted by Crippen LogP contribution is 2.65. The minimum absolute atomic E-state index is 0.0537. The largest absolute Gasteiger partial charge is 0.491 e. The monoisotopic (exact) mass is 864 g/mol.